The van der Waals surface area contributed by atoms with Crippen molar-refractivity contribution in [2.75, 3.05) is 13.1 Å². The van der Waals surface area contributed by atoms with Crippen LogP contribution in [-0.4, -0.2) is 47.4 Å². The number of ether oxygens (including phenoxy) is 1. The van der Waals surface area contributed by atoms with Gasteiger partial charge >= 0.3 is 6.36 Å². The first-order valence-electron chi connectivity index (χ1n) is 11.8. The number of nitrogens with one attached hydrogen (secondary N) is 1. The predicted octanol–water partition coefficient (Wildman–Crippen LogP) is 5.05. The summed E-state index contributed by atoms with van der Waals surface area (Å²) < 4.78 is 51.1. The number of rotatable bonds is 6. The lowest BCUT2D eigenvalue weighted by Crippen LogP contribution is -2.55. The van der Waals surface area contributed by atoms with Gasteiger partial charge in [0.25, 0.3) is 5.91 Å². The molecule has 2 aliphatic rings. The fraction of sp³-hybridized carbons (Fsp3) is 0.346. The Balaban J connectivity index is 1.06. The molecular weight excluding hydrogens is 491 g/mol. The van der Waals surface area contributed by atoms with Crippen molar-refractivity contribution in [2.24, 2.45) is 5.41 Å². The summed E-state index contributed by atoms with van der Waals surface area (Å²) in [7, 11) is 0. The van der Waals surface area contributed by atoms with Gasteiger partial charge in [-0.3, -0.25) is 9.59 Å². The third-order valence-electron chi connectivity index (χ3n) is 6.87. The average Bonchev–Trinajstić information content (AvgIpc) is 3.54. The number of aromatic nitrogens is 1. The molecule has 8 nitrogen and oxygen atoms in total. The maximum atomic E-state index is 12.6. The van der Waals surface area contributed by atoms with E-state index in [2.05, 4.69) is 15.2 Å². The van der Waals surface area contributed by atoms with Crippen LogP contribution in [0.1, 0.15) is 41.8 Å². The van der Waals surface area contributed by atoms with Crippen LogP contribution in [0.2, 0.25) is 0 Å². The third-order valence-corrected chi connectivity index (χ3v) is 6.87. The average molecular weight is 515 g/mol. The summed E-state index contributed by atoms with van der Waals surface area (Å²) in [5, 5.41) is 6.86. The predicted molar refractivity (Wildman–Crippen MR) is 125 cm³/mol. The number of nitrogens with zero attached hydrogens (tertiary/aromatic N) is 2. The fourth-order valence-electron chi connectivity index (χ4n) is 4.93. The van der Waals surface area contributed by atoms with Gasteiger partial charge in [0.2, 0.25) is 11.7 Å². The zero-order valence-corrected chi connectivity index (χ0v) is 19.7. The van der Waals surface area contributed by atoms with Crippen molar-refractivity contribution in [1.82, 2.24) is 15.4 Å². The molecule has 1 saturated heterocycles. The third kappa shape index (κ3) is 5.87. The van der Waals surface area contributed by atoms with Gasteiger partial charge in [-0.1, -0.05) is 17.3 Å². The van der Waals surface area contributed by atoms with E-state index < -0.39 is 6.36 Å². The summed E-state index contributed by atoms with van der Waals surface area (Å²) in [5.41, 5.74) is 1.16. The van der Waals surface area contributed by atoms with Crippen LogP contribution in [0.3, 0.4) is 0 Å². The standard InChI is InChI=1S/C26H24F3N3O5/c27-26(28,29)36-19-6-3-17(4-7-19)5-8-23(33)32-11-9-25(10-12-32)15-18(16-25)30-24(34)22-14-20(31-37-22)21-2-1-13-35-21/h1-8,13-14,18H,9-12,15-16H2,(H,30,34)/b8-5+. The van der Waals surface area contributed by atoms with E-state index in [1.165, 1.54) is 36.6 Å². The molecule has 11 heteroatoms. The Morgan fingerprint density at radius 3 is 2.51 bits per heavy atom. The van der Waals surface area contributed by atoms with E-state index in [4.69, 9.17) is 8.94 Å². The molecule has 0 radical (unpaired) electrons. The van der Waals surface area contributed by atoms with Crippen LogP contribution in [0.25, 0.3) is 17.5 Å². The number of benzene rings is 1. The summed E-state index contributed by atoms with van der Waals surface area (Å²) in [6.45, 7) is 1.22. The van der Waals surface area contributed by atoms with Gasteiger partial charge in [0.05, 0.1) is 6.26 Å². The molecule has 1 aliphatic carbocycles. The molecule has 194 valence electrons. The maximum absolute atomic E-state index is 12.6. The van der Waals surface area contributed by atoms with Gasteiger partial charge < -0.3 is 23.9 Å². The largest absolute Gasteiger partial charge is 0.573 e. The number of hydrogen-bond donors (Lipinski definition) is 1. The number of furan rings is 1. The highest BCUT2D eigenvalue weighted by Gasteiger charge is 2.46. The molecule has 3 aromatic rings. The minimum atomic E-state index is -4.74. The first-order valence-corrected chi connectivity index (χ1v) is 11.8. The van der Waals surface area contributed by atoms with Crippen LogP contribution in [0, 0.1) is 5.41 Å². The van der Waals surface area contributed by atoms with E-state index in [-0.39, 0.29) is 34.8 Å². The highest BCUT2D eigenvalue weighted by atomic mass is 19.4. The van der Waals surface area contributed by atoms with Gasteiger partial charge in [0.1, 0.15) is 11.4 Å². The lowest BCUT2D eigenvalue weighted by atomic mass is 9.60. The Morgan fingerprint density at radius 2 is 1.86 bits per heavy atom. The molecule has 0 unspecified atom stereocenters. The molecule has 1 spiro atoms. The molecule has 1 saturated carbocycles. The van der Waals surface area contributed by atoms with Crippen LogP contribution in [0.4, 0.5) is 13.2 Å². The minimum absolute atomic E-state index is 0.0381. The van der Waals surface area contributed by atoms with Crippen molar-refractivity contribution >= 4 is 17.9 Å². The van der Waals surface area contributed by atoms with E-state index in [0.717, 1.165) is 25.7 Å². The van der Waals surface area contributed by atoms with E-state index in [1.54, 1.807) is 29.2 Å². The normalized spacial score (nSPS) is 17.6. The van der Waals surface area contributed by atoms with Crippen LogP contribution >= 0.6 is 0 Å². The van der Waals surface area contributed by atoms with E-state index in [9.17, 15) is 22.8 Å². The zero-order valence-electron chi connectivity index (χ0n) is 19.7. The maximum Gasteiger partial charge on any atom is 0.573 e. The van der Waals surface area contributed by atoms with Gasteiger partial charge in [-0.25, -0.2) is 0 Å². The van der Waals surface area contributed by atoms with E-state index >= 15 is 0 Å². The second-order valence-electron chi connectivity index (χ2n) is 9.41. The van der Waals surface area contributed by atoms with Crippen LogP contribution in [-0.2, 0) is 4.79 Å². The Kier molecular flexibility index (Phi) is 6.53. The Bertz CT molecular complexity index is 1270. The molecule has 2 fully saturated rings. The molecule has 37 heavy (non-hydrogen) atoms. The highest BCUT2D eigenvalue weighted by Crippen LogP contribution is 2.49. The molecule has 1 N–H and O–H groups in total. The van der Waals surface area contributed by atoms with Gasteiger partial charge in [-0.2, -0.15) is 0 Å². The number of halogens is 3. The van der Waals surface area contributed by atoms with Gasteiger partial charge in [-0.15, -0.1) is 13.2 Å². The Labute approximate surface area is 210 Å². The topological polar surface area (TPSA) is 97.8 Å². The molecule has 3 heterocycles. The van der Waals surface area contributed by atoms with Crippen molar-refractivity contribution in [2.45, 2.75) is 38.1 Å². The molecule has 0 atom stereocenters. The summed E-state index contributed by atoms with van der Waals surface area (Å²) in [5.74, 6) is -0.128. The van der Waals surface area contributed by atoms with E-state index in [0.29, 0.717) is 30.1 Å². The van der Waals surface area contributed by atoms with Crippen molar-refractivity contribution in [1.29, 1.82) is 0 Å². The van der Waals surface area contributed by atoms with Crippen molar-refractivity contribution in [3.8, 4) is 17.2 Å². The molecule has 2 aromatic heterocycles. The Morgan fingerprint density at radius 1 is 1.14 bits per heavy atom. The number of carbonyl (C=O) groups excluding carboxylic acids is 2. The number of carbonyl (C=O) groups is 2. The van der Waals surface area contributed by atoms with Crippen LogP contribution in [0.5, 0.6) is 5.75 Å². The molecule has 0 bridgehead atoms. The molecule has 1 aromatic carbocycles. The Hall–Kier alpha value is -4.02. The van der Waals surface area contributed by atoms with Crippen molar-refractivity contribution in [3.63, 3.8) is 0 Å². The summed E-state index contributed by atoms with van der Waals surface area (Å²) >= 11 is 0. The zero-order chi connectivity index (χ0) is 26.0. The lowest BCUT2D eigenvalue weighted by Gasteiger charge is -2.52. The summed E-state index contributed by atoms with van der Waals surface area (Å²) in [6.07, 6.45) is 3.12. The number of likely N-dealkylation sites (tertiary alicyclic amines) is 1. The van der Waals surface area contributed by atoms with Gasteiger partial charge in [0, 0.05) is 31.3 Å². The lowest BCUT2D eigenvalue weighted by molar-refractivity contribution is -0.274. The van der Waals surface area contributed by atoms with Crippen LogP contribution < -0.4 is 10.1 Å². The first kappa shape index (κ1) is 24.7. The quantitative estimate of drug-likeness (QED) is 0.462. The summed E-state index contributed by atoms with van der Waals surface area (Å²) in [4.78, 5) is 26.9. The second-order valence-corrected chi connectivity index (χ2v) is 9.41. The SMILES string of the molecule is O=C(NC1CC2(CCN(C(=O)/C=C/c3ccc(OC(F)(F)F)cc3)CC2)C1)c1cc(-c2ccco2)no1. The number of hydrogen-bond acceptors (Lipinski definition) is 6. The number of piperidine rings is 1. The van der Waals surface area contributed by atoms with Gasteiger partial charge in [-0.05, 0) is 67.0 Å². The first-order chi connectivity index (χ1) is 17.7. The molecule has 5 rings (SSSR count). The summed E-state index contributed by atoms with van der Waals surface area (Å²) in [6, 6.07) is 10.4. The van der Waals surface area contributed by atoms with Crippen molar-refractivity contribution < 1.29 is 36.4 Å². The second kappa shape index (κ2) is 9.79. The molecule has 2 amide bonds. The van der Waals surface area contributed by atoms with Crippen molar-refractivity contribution in [3.05, 3.63) is 66.1 Å². The monoisotopic (exact) mass is 515 g/mol. The fourth-order valence-corrected chi connectivity index (χ4v) is 4.93. The number of amides is 2. The van der Waals surface area contributed by atoms with Crippen LogP contribution in [0.15, 0.2) is 63.7 Å². The smallest absolute Gasteiger partial charge is 0.463 e. The minimum Gasteiger partial charge on any atom is -0.463 e. The van der Waals surface area contributed by atoms with Gasteiger partial charge in [0.15, 0.2) is 5.76 Å². The number of alkyl halides is 3. The van der Waals surface area contributed by atoms with E-state index in [1.807, 2.05) is 0 Å². The highest BCUT2D eigenvalue weighted by molar-refractivity contribution is 5.93. The molecule has 1 aliphatic heterocycles. The molecular formula is C26H24F3N3O5.